The number of morpholine rings is 1. The van der Waals surface area contributed by atoms with Crippen LogP contribution >= 0.6 is 0 Å². The fraction of sp³-hybridized carbons (Fsp3) is 0.529. The number of aliphatic hydroxyl groups is 1. The third-order valence-corrected chi connectivity index (χ3v) is 4.44. The molecule has 1 aliphatic rings. The van der Waals surface area contributed by atoms with Gasteiger partial charge < -0.3 is 19.8 Å². The predicted molar refractivity (Wildman–Crippen MR) is 85.6 cm³/mol. The third kappa shape index (κ3) is 3.41. The second kappa shape index (κ2) is 6.55. The molecular weight excluding hydrogens is 355 g/mol. The Labute approximate surface area is 148 Å². The molecule has 9 heteroatoms. The van der Waals surface area contributed by atoms with Gasteiger partial charge in [-0.05, 0) is 24.3 Å². The average Bonchev–Trinajstić information content (AvgIpc) is 2.52. The molecule has 0 bridgehead atoms. The number of benzene rings is 1. The summed E-state index contributed by atoms with van der Waals surface area (Å²) < 4.78 is 43.3. The highest BCUT2D eigenvalue weighted by atomic mass is 19.4. The first-order valence-electron chi connectivity index (χ1n) is 7.86. The van der Waals surface area contributed by atoms with Crippen LogP contribution in [0.25, 0.3) is 0 Å². The van der Waals surface area contributed by atoms with Crippen LogP contribution in [-0.4, -0.2) is 46.9 Å². The zero-order valence-corrected chi connectivity index (χ0v) is 14.5. The van der Waals surface area contributed by atoms with Gasteiger partial charge in [0.25, 0.3) is 5.91 Å². The lowest BCUT2D eigenvalue weighted by Gasteiger charge is -2.44. The molecule has 1 amide bonds. The lowest BCUT2D eigenvalue weighted by molar-refractivity contribution is -0.203. The molecule has 1 heterocycles. The van der Waals surface area contributed by atoms with Crippen LogP contribution < -0.4 is 4.90 Å². The van der Waals surface area contributed by atoms with Crippen molar-refractivity contribution in [3.05, 3.63) is 29.8 Å². The molecule has 0 radical (unpaired) electrons. The normalized spacial score (nSPS) is 21.4. The van der Waals surface area contributed by atoms with Crippen LogP contribution in [-0.2, 0) is 20.5 Å². The van der Waals surface area contributed by atoms with Crippen LogP contribution in [0.15, 0.2) is 24.3 Å². The summed E-state index contributed by atoms with van der Waals surface area (Å²) in [4.78, 5) is 25.6. The maximum atomic E-state index is 12.8. The third-order valence-electron chi connectivity index (χ3n) is 4.44. The molecule has 0 spiro atoms. The Bertz CT molecular complexity index is 696. The van der Waals surface area contributed by atoms with E-state index >= 15 is 0 Å². The summed E-state index contributed by atoms with van der Waals surface area (Å²) in [6, 6.07) is 3.92. The second-order valence-electron chi connectivity index (χ2n) is 7.11. The highest BCUT2D eigenvalue weighted by Crippen LogP contribution is 2.38. The van der Waals surface area contributed by atoms with Crippen molar-refractivity contribution in [3.63, 3.8) is 0 Å². The zero-order valence-electron chi connectivity index (χ0n) is 14.5. The lowest BCUT2D eigenvalue weighted by Crippen LogP contribution is -2.66. The minimum absolute atomic E-state index is 0.0283. The summed E-state index contributed by atoms with van der Waals surface area (Å²) in [5.74, 6) is -2.44. The number of hydrogen-bond donors (Lipinski definition) is 2. The molecule has 0 unspecified atom stereocenters. The Kier molecular flexibility index (Phi) is 5.08. The fourth-order valence-electron chi connectivity index (χ4n) is 2.80. The van der Waals surface area contributed by atoms with Crippen molar-refractivity contribution >= 4 is 17.6 Å². The van der Waals surface area contributed by atoms with E-state index in [4.69, 9.17) is 4.74 Å². The van der Waals surface area contributed by atoms with Gasteiger partial charge in [0.15, 0.2) is 6.10 Å². The van der Waals surface area contributed by atoms with Crippen molar-refractivity contribution in [2.75, 3.05) is 18.1 Å². The Morgan fingerprint density at radius 2 is 1.73 bits per heavy atom. The van der Waals surface area contributed by atoms with Crippen LogP contribution in [0.2, 0.25) is 0 Å². The molecule has 0 aromatic heterocycles. The Balaban J connectivity index is 2.37. The number of carbonyl (C=O) groups excluding carboxylic acids is 1. The smallest absolute Gasteiger partial charge is 0.416 e. The lowest BCUT2D eigenvalue weighted by atomic mass is 9.72. The molecule has 2 atom stereocenters. The van der Waals surface area contributed by atoms with Gasteiger partial charge in [0.05, 0.1) is 12.2 Å². The number of rotatable bonds is 3. The van der Waals surface area contributed by atoms with Crippen molar-refractivity contribution < 1.29 is 37.7 Å². The van der Waals surface area contributed by atoms with E-state index in [1.807, 2.05) is 0 Å². The Hall–Kier alpha value is -2.13. The molecule has 1 fully saturated rings. The Morgan fingerprint density at radius 3 is 2.15 bits per heavy atom. The number of aliphatic carboxylic acids is 1. The average molecular weight is 375 g/mol. The van der Waals surface area contributed by atoms with Gasteiger partial charge in [0.2, 0.25) is 5.60 Å². The second-order valence-corrected chi connectivity index (χ2v) is 7.11. The predicted octanol–water partition coefficient (Wildman–Crippen LogP) is 2.30. The Morgan fingerprint density at radius 1 is 1.19 bits per heavy atom. The molecule has 1 saturated heterocycles. The summed E-state index contributed by atoms with van der Waals surface area (Å²) in [5.41, 5.74) is -4.44. The van der Waals surface area contributed by atoms with Crippen molar-refractivity contribution in [2.45, 2.75) is 38.7 Å². The maximum Gasteiger partial charge on any atom is 0.416 e. The topological polar surface area (TPSA) is 87.1 Å². The first kappa shape index (κ1) is 20.2. The summed E-state index contributed by atoms with van der Waals surface area (Å²) in [6.45, 7) is 4.32. The number of carboxylic acid groups (broad SMARTS) is 1. The van der Waals surface area contributed by atoms with E-state index in [1.54, 1.807) is 0 Å². The molecule has 26 heavy (non-hydrogen) atoms. The van der Waals surface area contributed by atoms with E-state index in [9.17, 15) is 33.0 Å². The summed E-state index contributed by atoms with van der Waals surface area (Å²) in [5, 5.41) is 20.2. The highest BCUT2D eigenvalue weighted by Gasteiger charge is 2.59. The molecule has 2 rings (SSSR count). The van der Waals surface area contributed by atoms with Gasteiger partial charge in [-0.1, -0.05) is 20.8 Å². The van der Waals surface area contributed by atoms with Gasteiger partial charge in [-0.25, -0.2) is 4.79 Å². The first-order valence-corrected chi connectivity index (χ1v) is 7.86. The van der Waals surface area contributed by atoms with E-state index < -0.39 is 40.7 Å². The van der Waals surface area contributed by atoms with Crippen molar-refractivity contribution in [1.29, 1.82) is 0 Å². The standard InChI is InChI=1S/C17H20F3NO5/c1-15(2,3)16(25,14(23)24)12-13(22)21(8-9-26-12)11-6-4-10(5-7-11)17(18,19)20/h4-7,12,25H,8-9H2,1-3H3,(H,23,24)/t12-,16+/m0/s1. The van der Waals surface area contributed by atoms with E-state index in [0.29, 0.717) is 0 Å². The van der Waals surface area contributed by atoms with Crippen LogP contribution in [0, 0.1) is 5.41 Å². The number of alkyl halides is 3. The minimum Gasteiger partial charge on any atom is -0.479 e. The number of nitrogens with zero attached hydrogens (tertiary/aromatic N) is 1. The van der Waals surface area contributed by atoms with E-state index in [1.165, 1.54) is 20.8 Å². The number of anilines is 1. The largest absolute Gasteiger partial charge is 0.479 e. The van der Waals surface area contributed by atoms with E-state index in [0.717, 1.165) is 29.2 Å². The van der Waals surface area contributed by atoms with Gasteiger partial charge in [0, 0.05) is 17.6 Å². The first-order chi connectivity index (χ1) is 11.8. The van der Waals surface area contributed by atoms with Gasteiger partial charge in [-0.3, -0.25) is 4.79 Å². The molecule has 1 aliphatic heterocycles. The van der Waals surface area contributed by atoms with Crippen LogP contribution in [0.1, 0.15) is 26.3 Å². The summed E-state index contributed by atoms with van der Waals surface area (Å²) in [6.07, 6.45) is -6.19. The number of ether oxygens (including phenoxy) is 1. The van der Waals surface area contributed by atoms with Crippen LogP contribution in [0.5, 0.6) is 0 Å². The number of carboxylic acids is 1. The van der Waals surface area contributed by atoms with E-state index in [2.05, 4.69) is 0 Å². The number of hydrogen-bond acceptors (Lipinski definition) is 4. The SMILES string of the molecule is CC(C)(C)[C@](O)(C(=O)O)[C@H]1OCCN(c2ccc(C(F)(F)F)cc2)C1=O. The number of halogens is 3. The van der Waals surface area contributed by atoms with Gasteiger partial charge >= 0.3 is 12.1 Å². The van der Waals surface area contributed by atoms with Crippen LogP contribution in [0.4, 0.5) is 18.9 Å². The van der Waals surface area contributed by atoms with Gasteiger partial charge in [0.1, 0.15) is 0 Å². The highest BCUT2D eigenvalue weighted by molar-refractivity contribution is 6.01. The summed E-state index contributed by atoms with van der Waals surface area (Å²) >= 11 is 0. The quantitative estimate of drug-likeness (QED) is 0.847. The molecule has 2 N–H and O–H groups in total. The monoisotopic (exact) mass is 375 g/mol. The minimum atomic E-state index is -4.51. The molecule has 144 valence electrons. The number of amides is 1. The fourth-order valence-corrected chi connectivity index (χ4v) is 2.80. The van der Waals surface area contributed by atoms with Crippen LogP contribution in [0.3, 0.4) is 0 Å². The van der Waals surface area contributed by atoms with Crippen molar-refractivity contribution in [3.8, 4) is 0 Å². The molecular formula is C17H20F3NO5. The molecule has 0 saturated carbocycles. The van der Waals surface area contributed by atoms with Gasteiger partial charge in [-0.2, -0.15) is 13.2 Å². The molecule has 1 aromatic carbocycles. The number of carbonyl (C=O) groups is 2. The van der Waals surface area contributed by atoms with Gasteiger partial charge in [-0.15, -0.1) is 0 Å². The maximum absolute atomic E-state index is 12.8. The summed E-state index contributed by atoms with van der Waals surface area (Å²) in [7, 11) is 0. The molecule has 1 aromatic rings. The zero-order chi connectivity index (χ0) is 19.9. The van der Waals surface area contributed by atoms with Crippen molar-refractivity contribution in [1.82, 2.24) is 0 Å². The van der Waals surface area contributed by atoms with Crippen molar-refractivity contribution in [2.24, 2.45) is 5.41 Å². The molecule has 6 nitrogen and oxygen atoms in total. The van der Waals surface area contributed by atoms with E-state index in [-0.39, 0.29) is 18.8 Å². The molecule has 0 aliphatic carbocycles.